The van der Waals surface area contributed by atoms with Crippen LogP contribution >= 0.6 is 0 Å². The van der Waals surface area contributed by atoms with Gasteiger partial charge in [0.05, 0.1) is 12.2 Å². The van der Waals surface area contributed by atoms with E-state index in [1.807, 2.05) is 66.3 Å². The molecule has 2 aromatic carbocycles. The number of aliphatic imine (C=N–C) groups is 1. The summed E-state index contributed by atoms with van der Waals surface area (Å²) in [6, 6.07) is 18.7. The van der Waals surface area contributed by atoms with E-state index in [9.17, 15) is 4.79 Å². The van der Waals surface area contributed by atoms with Crippen LogP contribution in [0, 0.1) is 6.92 Å². The van der Waals surface area contributed by atoms with Crippen molar-refractivity contribution in [3.05, 3.63) is 83.7 Å². The fraction of sp³-hybridized carbons (Fsp3) is 0.227. The highest BCUT2D eigenvalue weighted by Crippen LogP contribution is 2.10. The van der Waals surface area contributed by atoms with Gasteiger partial charge in [0.1, 0.15) is 0 Å². The average Bonchev–Trinajstić information content (AvgIpc) is 3.07. The lowest BCUT2D eigenvalue weighted by Gasteiger charge is -2.12. The lowest BCUT2D eigenvalue weighted by Crippen LogP contribution is -2.36. The molecule has 0 aliphatic heterocycles. The van der Waals surface area contributed by atoms with E-state index in [1.165, 1.54) is 0 Å². The van der Waals surface area contributed by atoms with E-state index in [2.05, 4.69) is 27.6 Å². The van der Waals surface area contributed by atoms with E-state index < -0.39 is 0 Å². The quantitative estimate of drug-likeness (QED) is 0.505. The maximum Gasteiger partial charge on any atom is 0.257 e. The molecule has 1 heterocycles. The minimum atomic E-state index is -0.207. The van der Waals surface area contributed by atoms with Crippen LogP contribution in [0.5, 0.6) is 0 Å². The summed E-state index contributed by atoms with van der Waals surface area (Å²) in [5, 5.41) is 10.6. The van der Waals surface area contributed by atoms with Crippen LogP contribution in [0.1, 0.15) is 35.0 Å². The molecule has 0 fully saturated rings. The van der Waals surface area contributed by atoms with Crippen molar-refractivity contribution in [1.29, 1.82) is 0 Å². The smallest absolute Gasteiger partial charge is 0.257 e. The highest BCUT2D eigenvalue weighted by atomic mass is 16.1. The van der Waals surface area contributed by atoms with Gasteiger partial charge in [0.2, 0.25) is 5.96 Å². The molecule has 0 atom stereocenters. The highest BCUT2D eigenvalue weighted by molar-refractivity contribution is 6.09. The van der Waals surface area contributed by atoms with E-state index in [0.29, 0.717) is 18.1 Å². The molecule has 0 aliphatic rings. The number of carbonyl (C=O) groups excluding carboxylic acids is 1. The largest absolute Gasteiger partial charge is 0.326 e. The molecule has 6 nitrogen and oxygen atoms in total. The van der Waals surface area contributed by atoms with Gasteiger partial charge in [-0.25, -0.2) is 4.99 Å². The summed E-state index contributed by atoms with van der Waals surface area (Å²) in [5.74, 6) is 0.198. The summed E-state index contributed by atoms with van der Waals surface area (Å²) in [7, 11) is 0. The third-order valence-electron chi connectivity index (χ3n) is 4.21. The lowest BCUT2D eigenvalue weighted by atomic mass is 10.2. The molecule has 144 valence electrons. The first kappa shape index (κ1) is 19.4. The Bertz CT molecular complexity index is 932. The number of amides is 1. The summed E-state index contributed by atoms with van der Waals surface area (Å²) >= 11 is 0. The molecule has 0 unspecified atom stereocenters. The topological polar surface area (TPSA) is 71.3 Å². The minimum absolute atomic E-state index is 0.207. The molecule has 0 spiro atoms. The first-order valence-electron chi connectivity index (χ1n) is 9.41. The van der Waals surface area contributed by atoms with E-state index in [1.54, 1.807) is 12.1 Å². The van der Waals surface area contributed by atoms with Gasteiger partial charge >= 0.3 is 0 Å². The summed E-state index contributed by atoms with van der Waals surface area (Å²) in [6.45, 7) is 5.41. The van der Waals surface area contributed by atoms with Gasteiger partial charge in [-0.05, 0) is 37.6 Å². The molecule has 0 aliphatic carbocycles. The molecule has 3 aromatic rings. The summed E-state index contributed by atoms with van der Waals surface area (Å²) in [6.07, 6.45) is 3.04. The van der Waals surface area contributed by atoms with Crippen LogP contribution in [0.15, 0.2) is 71.9 Å². The summed E-state index contributed by atoms with van der Waals surface area (Å²) in [4.78, 5) is 17.2. The molecule has 0 bridgehead atoms. The van der Waals surface area contributed by atoms with Gasteiger partial charge in [0.15, 0.2) is 0 Å². The van der Waals surface area contributed by atoms with Crippen LogP contribution in [0.4, 0.5) is 5.69 Å². The molecule has 1 aromatic heterocycles. The number of hydrogen-bond acceptors (Lipinski definition) is 3. The zero-order valence-electron chi connectivity index (χ0n) is 16.2. The second kappa shape index (κ2) is 9.50. The predicted octanol–water partition coefficient (Wildman–Crippen LogP) is 4.00. The van der Waals surface area contributed by atoms with E-state index in [0.717, 1.165) is 29.9 Å². The van der Waals surface area contributed by atoms with E-state index in [-0.39, 0.29) is 5.91 Å². The average molecular weight is 375 g/mol. The maximum atomic E-state index is 12.6. The Morgan fingerprint density at radius 3 is 2.43 bits per heavy atom. The van der Waals surface area contributed by atoms with Crippen molar-refractivity contribution >= 4 is 17.6 Å². The van der Waals surface area contributed by atoms with Crippen LogP contribution in [-0.2, 0) is 13.1 Å². The predicted molar refractivity (Wildman–Crippen MR) is 112 cm³/mol. The molecule has 3 rings (SSSR count). The fourth-order valence-electron chi connectivity index (χ4n) is 2.76. The number of benzene rings is 2. The monoisotopic (exact) mass is 375 g/mol. The molecule has 28 heavy (non-hydrogen) atoms. The highest BCUT2D eigenvalue weighted by Gasteiger charge is 2.10. The number of anilines is 1. The number of aryl methyl sites for hydroxylation is 2. The van der Waals surface area contributed by atoms with Crippen LogP contribution in [-0.4, -0.2) is 21.6 Å². The summed E-state index contributed by atoms with van der Waals surface area (Å²) in [5.41, 5.74) is 3.42. The third kappa shape index (κ3) is 5.30. The van der Waals surface area contributed by atoms with Gasteiger partial charge in [-0.15, -0.1) is 0 Å². The molecule has 0 saturated carbocycles. The number of rotatable bonds is 6. The van der Waals surface area contributed by atoms with Crippen molar-refractivity contribution in [3.8, 4) is 0 Å². The van der Waals surface area contributed by atoms with Crippen LogP contribution in [0.3, 0.4) is 0 Å². The minimum Gasteiger partial charge on any atom is -0.326 e. The normalized spacial score (nSPS) is 11.3. The van der Waals surface area contributed by atoms with Crippen molar-refractivity contribution in [1.82, 2.24) is 15.1 Å². The van der Waals surface area contributed by atoms with Crippen LogP contribution in [0.2, 0.25) is 0 Å². The van der Waals surface area contributed by atoms with Crippen molar-refractivity contribution < 1.29 is 4.79 Å². The molecule has 1 amide bonds. The number of carbonyl (C=O) groups is 1. The van der Waals surface area contributed by atoms with Crippen molar-refractivity contribution in [3.63, 3.8) is 0 Å². The fourth-order valence-corrected chi connectivity index (χ4v) is 2.76. The Morgan fingerprint density at radius 1 is 1.07 bits per heavy atom. The standard InChI is InChI=1S/C22H25N5O/c1-3-14-27-16-19(17(2)26-27)15-23-22(24-20-12-8-5-9-13-20)25-21(28)18-10-6-4-7-11-18/h4-13,16H,3,14-15H2,1-2H3,(H2,23,24,25,28). The van der Waals surface area contributed by atoms with Gasteiger partial charge in [-0.1, -0.05) is 43.3 Å². The van der Waals surface area contributed by atoms with Crippen LogP contribution < -0.4 is 10.6 Å². The maximum absolute atomic E-state index is 12.6. The Kier molecular flexibility index (Phi) is 6.57. The van der Waals surface area contributed by atoms with Gasteiger partial charge in [-0.2, -0.15) is 5.10 Å². The number of para-hydroxylation sites is 1. The van der Waals surface area contributed by atoms with Gasteiger partial charge in [0, 0.05) is 29.6 Å². The van der Waals surface area contributed by atoms with E-state index in [4.69, 9.17) is 0 Å². The first-order chi connectivity index (χ1) is 13.7. The number of hydrogen-bond donors (Lipinski definition) is 2. The molecule has 0 saturated heterocycles. The Morgan fingerprint density at radius 2 is 1.75 bits per heavy atom. The Balaban J connectivity index is 1.79. The zero-order valence-corrected chi connectivity index (χ0v) is 16.2. The number of aromatic nitrogens is 2. The molecule has 0 radical (unpaired) electrons. The van der Waals surface area contributed by atoms with Crippen molar-refractivity contribution in [2.75, 3.05) is 5.32 Å². The molecule has 2 N–H and O–H groups in total. The molecular formula is C22H25N5O. The third-order valence-corrected chi connectivity index (χ3v) is 4.21. The second-order valence-corrected chi connectivity index (χ2v) is 6.48. The number of guanidine groups is 1. The number of nitrogens with zero attached hydrogens (tertiary/aromatic N) is 3. The van der Waals surface area contributed by atoms with Crippen molar-refractivity contribution in [2.45, 2.75) is 33.4 Å². The zero-order chi connectivity index (χ0) is 19.8. The Hall–Kier alpha value is -3.41. The first-order valence-corrected chi connectivity index (χ1v) is 9.41. The lowest BCUT2D eigenvalue weighted by molar-refractivity contribution is 0.0977. The summed E-state index contributed by atoms with van der Waals surface area (Å²) < 4.78 is 1.94. The van der Waals surface area contributed by atoms with Gasteiger partial charge < -0.3 is 5.32 Å². The van der Waals surface area contributed by atoms with E-state index >= 15 is 0 Å². The van der Waals surface area contributed by atoms with Gasteiger partial charge in [0.25, 0.3) is 5.91 Å². The molecule has 6 heteroatoms. The number of nitrogens with one attached hydrogen (secondary N) is 2. The SMILES string of the molecule is CCCn1cc(CN=C(NC(=O)c2ccccc2)Nc2ccccc2)c(C)n1. The van der Waals surface area contributed by atoms with Crippen LogP contribution in [0.25, 0.3) is 0 Å². The van der Waals surface area contributed by atoms with Gasteiger partial charge in [-0.3, -0.25) is 14.8 Å². The second-order valence-electron chi connectivity index (χ2n) is 6.48. The molecular weight excluding hydrogens is 350 g/mol. The van der Waals surface area contributed by atoms with Crippen molar-refractivity contribution in [2.24, 2.45) is 4.99 Å². The Labute approximate surface area is 165 Å².